The van der Waals surface area contributed by atoms with E-state index in [1.165, 1.54) is 54.5 Å². The Morgan fingerprint density at radius 2 is 1.56 bits per heavy atom. The lowest BCUT2D eigenvalue weighted by molar-refractivity contribution is 0.111. The van der Waals surface area contributed by atoms with Crippen LogP contribution in [0.15, 0.2) is 54.6 Å². The maximum Gasteiger partial charge on any atom is 0.0187 e. The van der Waals surface area contributed by atoms with Crippen LogP contribution in [0.2, 0.25) is 0 Å². The molecule has 0 saturated heterocycles. The van der Waals surface area contributed by atoms with Crippen LogP contribution in [0.4, 0.5) is 0 Å². The summed E-state index contributed by atoms with van der Waals surface area (Å²) in [7, 11) is 0. The van der Waals surface area contributed by atoms with E-state index in [0.717, 1.165) is 5.75 Å². The zero-order valence-electron chi connectivity index (χ0n) is 16.1. The third-order valence-corrected chi connectivity index (χ3v) is 7.91. The topological polar surface area (TPSA) is 0 Å². The number of benzene rings is 2. The van der Waals surface area contributed by atoms with Crippen LogP contribution >= 0.6 is 11.8 Å². The first kappa shape index (κ1) is 18.6. The van der Waals surface area contributed by atoms with Crippen molar-refractivity contribution in [3.05, 3.63) is 71.3 Å². The maximum absolute atomic E-state index is 2.55. The fourth-order valence-electron chi connectivity index (χ4n) is 4.43. The summed E-state index contributed by atoms with van der Waals surface area (Å²) in [5, 5.41) is 0. The lowest BCUT2D eigenvalue weighted by atomic mass is 9.57. The number of hydrogen-bond donors (Lipinski definition) is 0. The van der Waals surface area contributed by atoms with E-state index in [1.807, 2.05) is 0 Å². The molecular weight excluding hydrogens is 320 g/mol. The third kappa shape index (κ3) is 3.97. The van der Waals surface area contributed by atoms with Crippen molar-refractivity contribution >= 4 is 11.8 Å². The molecule has 0 aliphatic heterocycles. The first-order chi connectivity index (χ1) is 12.1. The molecule has 1 saturated carbocycles. The van der Waals surface area contributed by atoms with Gasteiger partial charge in [0, 0.05) is 16.9 Å². The summed E-state index contributed by atoms with van der Waals surface area (Å²) in [6.45, 7) is 7.31. The number of thioether (sulfide) groups is 1. The zero-order chi connectivity index (χ0) is 17.8. The van der Waals surface area contributed by atoms with Gasteiger partial charge >= 0.3 is 0 Å². The quantitative estimate of drug-likeness (QED) is 0.531. The first-order valence-electron chi connectivity index (χ1n) is 9.73. The van der Waals surface area contributed by atoms with Crippen LogP contribution in [0.25, 0.3) is 0 Å². The van der Waals surface area contributed by atoms with E-state index in [1.54, 1.807) is 0 Å². The van der Waals surface area contributed by atoms with Crippen LogP contribution in [0, 0.1) is 12.3 Å². The van der Waals surface area contributed by atoms with Crippen LogP contribution in [-0.4, -0.2) is 5.75 Å². The zero-order valence-corrected chi connectivity index (χ0v) is 16.9. The summed E-state index contributed by atoms with van der Waals surface area (Å²) in [5.41, 5.74) is 5.07. The summed E-state index contributed by atoms with van der Waals surface area (Å²) in [6, 6.07) is 20.1. The predicted molar refractivity (Wildman–Crippen MR) is 112 cm³/mol. The lowest BCUT2D eigenvalue weighted by Gasteiger charge is -2.49. The molecule has 3 rings (SSSR count). The first-order valence-corrected chi connectivity index (χ1v) is 10.9. The van der Waals surface area contributed by atoms with Gasteiger partial charge in [-0.3, -0.25) is 0 Å². The molecule has 0 heterocycles. The highest BCUT2D eigenvalue weighted by molar-refractivity contribution is 7.98. The minimum Gasteiger partial charge on any atom is -0.156 e. The minimum atomic E-state index is 0.238. The van der Waals surface area contributed by atoms with Crippen LogP contribution in [0.3, 0.4) is 0 Å². The molecule has 1 atom stereocenters. The SMILES string of the molecule is Cc1ccccc1CSCC(C)(c1ccccc1)C1(C)CCCCC1. The maximum atomic E-state index is 2.55. The van der Waals surface area contributed by atoms with E-state index < -0.39 is 0 Å². The van der Waals surface area contributed by atoms with Crippen molar-refractivity contribution in [3.63, 3.8) is 0 Å². The van der Waals surface area contributed by atoms with Gasteiger partial charge in [-0.1, -0.05) is 87.7 Å². The van der Waals surface area contributed by atoms with Crippen molar-refractivity contribution in [2.24, 2.45) is 5.41 Å². The second kappa shape index (κ2) is 7.99. The molecule has 1 fully saturated rings. The molecule has 134 valence electrons. The van der Waals surface area contributed by atoms with Gasteiger partial charge in [-0.2, -0.15) is 11.8 Å². The highest BCUT2D eigenvalue weighted by Crippen LogP contribution is 2.52. The average Bonchev–Trinajstić information content (AvgIpc) is 2.64. The smallest absolute Gasteiger partial charge is 0.0187 e. The number of rotatable bonds is 6. The van der Waals surface area contributed by atoms with Gasteiger partial charge in [-0.25, -0.2) is 0 Å². The molecule has 0 radical (unpaired) electrons. The van der Waals surface area contributed by atoms with Crippen LogP contribution in [0.5, 0.6) is 0 Å². The lowest BCUT2D eigenvalue weighted by Crippen LogP contribution is -2.45. The van der Waals surface area contributed by atoms with Gasteiger partial charge in [0.05, 0.1) is 0 Å². The molecule has 0 nitrogen and oxygen atoms in total. The van der Waals surface area contributed by atoms with Crippen molar-refractivity contribution in [1.29, 1.82) is 0 Å². The molecule has 0 N–H and O–H groups in total. The summed E-state index contributed by atoms with van der Waals surface area (Å²) >= 11 is 2.11. The Morgan fingerprint density at radius 1 is 0.920 bits per heavy atom. The van der Waals surface area contributed by atoms with Gasteiger partial charge in [-0.15, -0.1) is 0 Å². The Balaban J connectivity index is 1.81. The molecule has 2 aromatic carbocycles. The van der Waals surface area contributed by atoms with Crippen molar-refractivity contribution < 1.29 is 0 Å². The molecule has 0 amide bonds. The second-order valence-corrected chi connectivity index (χ2v) is 9.22. The van der Waals surface area contributed by atoms with Gasteiger partial charge in [-0.05, 0) is 41.9 Å². The largest absolute Gasteiger partial charge is 0.156 e. The Hall–Kier alpha value is -1.21. The third-order valence-electron chi connectivity index (χ3n) is 6.61. The Labute approximate surface area is 158 Å². The van der Waals surface area contributed by atoms with Crippen LogP contribution in [-0.2, 0) is 11.2 Å². The van der Waals surface area contributed by atoms with Gasteiger partial charge in [0.25, 0.3) is 0 Å². The van der Waals surface area contributed by atoms with E-state index >= 15 is 0 Å². The van der Waals surface area contributed by atoms with E-state index in [9.17, 15) is 0 Å². The molecule has 1 heteroatoms. The van der Waals surface area contributed by atoms with Crippen LogP contribution in [0.1, 0.15) is 62.6 Å². The predicted octanol–water partition coefficient (Wildman–Crippen LogP) is 7.16. The van der Waals surface area contributed by atoms with Gasteiger partial charge in [0.1, 0.15) is 0 Å². The highest BCUT2D eigenvalue weighted by atomic mass is 32.2. The number of hydrogen-bond acceptors (Lipinski definition) is 1. The molecule has 1 unspecified atom stereocenters. The summed E-state index contributed by atoms with van der Waals surface area (Å²) in [5.74, 6) is 2.31. The van der Waals surface area contributed by atoms with Gasteiger partial charge in [0.15, 0.2) is 0 Å². The van der Waals surface area contributed by atoms with Crippen molar-refractivity contribution in [2.45, 2.75) is 64.0 Å². The van der Waals surface area contributed by atoms with E-state index in [0.29, 0.717) is 5.41 Å². The Kier molecular flexibility index (Phi) is 5.94. The minimum absolute atomic E-state index is 0.238. The molecule has 0 aromatic heterocycles. The standard InChI is InChI=1S/C24H32S/c1-20-12-8-9-13-21(20)18-25-19-24(3,22-14-6-4-7-15-22)23(2)16-10-5-11-17-23/h4,6-9,12-15H,5,10-11,16-19H2,1-3H3. The molecule has 1 aliphatic carbocycles. The molecule has 2 aromatic rings. The van der Waals surface area contributed by atoms with Crippen molar-refractivity contribution in [2.75, 3.05) is 5.75 Å². The highest BCUT2D eigenvalue weighted by Gasteiger charge is 2.45. The summed E-state index contributed by atoms with van der Waals surface area (Å²) < 4.78 is 0. The normalized spacial score (nSPS) is 19.3. The molecular formula is C24H32S. The second-order valence-electron chi connectivity index (χ2n) is 8.24. The summed E-state index contributed by atoms with van der Waals surface area (Å²) in [4.78, 5) is 0. The molecule has 1 aliphatic rings. The Morgan fingerprint density at radius 3 is 2.24 bits per heavy atom. The summed E-state index contributed by atoms with van der Waals surface area (Å²) in [6.07, 6.45) is 6.92. The molecule has 0 spiro atoms. The number of aryl methyl sites for hydroxylation is 1. The molecule has 25 heavy (non-hydrogen) atoms. The molecule has 0 bridgehead atoms. The van der Waals surface area contributed by atoms with Gasteiger partial charge < -0.3 is 0 Å². The van der Waals surface area contributed by atoms with E-state index in [2.05, 4.69) is 87.1 Å². The average molecular weight is 353 g/mol. The monoisotopic (exact) mass is 352 g/mol. The van der Waals surface area contributed by atoms with E-state index in [4.69, 9.17) is 0 Å². The van der Waals surface area contributed by atoms with Crippen molar-refractivity contribution in [3.8, 4) is 0 Å². The fourth-order valence-corrected chi connectivity index (χ4v) is 6.00. The van der Waals surface area contributed by atoms with Gasteiger partial charge in [0.2, 0.25) is 0 Å². The van der Waals surface area contributed by atoms with Crippen molar-refractivity contribution in [1.82, 2.24) is 0 Å². The van der Waals surface area contributed by atoms with Crippen LogP contribution < -0.4 is 0 Å². The van der Waals surface area contributed by atoms with E-state index in [-0.39, 0.29) is 5.41 Å². The Bertz CT molecular complexity index is 670. The fraction of sp³-hybridized carbons (Fsp3) is 0.500.